The van der Waals surface area contributed by atoms with Crippen LogP contribution in [0.25, 0.3) is 0 Å². The Balaban J connectivity index is 1.30. The van der Waals surface area contributed by atoms with Gasteiger partial charge in [-0.3, -0.25) is 15.0 Å². The summed E-state index contributed by atoms with van der Waals surface area (Å²) >= 11 is 4.35. The van der Waals surface area contributed by atoms with Crippen molar-refractivity contribution in [1.82, 2.24) is 20.4 Å². The lowest BCUT2D eigenvalue weighted by Gasteiger charge is -2.70. The Morgan fingerprint density at radius 3 is 2.43 bits per heavy atom. The number of hydrogen-bond acceptors (Lipinski definition) is 4. The van der Waals surface area contributed by atoms with E-state index in [2.05, 4.69) is 94.7 Å². The highest BCUT2D eigenvalue weighted by Gasteiger charge is 2.69. The maximum absolute atomic E-state index is 14.3. The molecule has 3 unspecified atom stereocenters. The zero-order chi connectivity index (χ0) is 30.1. The van der Waals surface area contributed by atoms with Gasteiger partial charge in [-0.2, -0.15) is 10.2 Å². The number of nitrogens with one attached hydrogen (secondary N) is 3. The van der Waals surface area contributed by atoms with Crippen LogP contribution in [0.2, 0.25) is 0 Å². The third kappa shape index (κ3) is 3.61. The molecule has 3 saturated carbocycles. The molecule has 3 fully saturated rings. The predicted octanol–water partition coefficient (Wildman–Crippen LogP) is 8.18. The number of carbonyl (C=O) groups excluding carboxylic acids is 1. The van der Waals surface area contributed by atoms with Gasteiger partial charge in [0.15, 0.2) is 0 Å². The number of rotatable bonds is 2. The predicted molar refractivity (Wildman–Crippen MR) is 171 cm³/mol. The lowest BCUT2D eigenvalue weighted by Crippen LogP contribution is -2.65. The van der Waals surface area contributed by atoms with E-state index in [9.17, 15) is 4.79 Å². The molecule has 3 N–H and O–H groups in total. The Morgan fingerprint density at radius 2 is 1.71 bits per heavy atom. The van der Waals surface area contributed by atoms with Crippen molar-refractivity contribution in [2.24, 2.45) is 44.8 Å². The molecule has 7 atom stereocenters. The van der Waals surface area contributed by atoms with Crippen molar-refractivity contribution in [2.45, 2.75) is 124 Å². The second-order valence-electron chi connectivity index (χ2n) is 17.0. The molecule has 0 radical (unpaired) electrons. The normalized spacial score (nSPS) is 41.4. The molecule has 0 spiro atoms. The van der Waals surface area contributed by atoms with Gasteiger partial charge in [0.25, 0.3) is 0 Å². The summed E-state index contributed by atoms with van der Waals surface area (Å²) in [6, 6.07) is 1.82. The molecular formula is C35H51N5OS. The fourth-order valence-electron chi connectivity index (χ4n) is 11.8. The fraction of sp³-hybridized carbons (Fsp3) is 0.743. The number of hydrogen-bond donors (Lipinski definition) is 4. The highest BCUT2D eigenvalue weighted by Crippen LogP contribution is 2.75. The number of aryl methyl sites for hydroxylation is 1. The van der Waals surface area contributed by atoms with Crippen LogP contribution in [0.15, 0.2) is 22.7 Å². The minimum atomic E-state index is -0.372. The number of allylic oxidation sites excluding steroid dienone is 2. The monoisotopic (exact) mass is 589 g/mol. The number of thiol groups is 1. The van der Waals surface area contributed by atoms with Crippen LogP contribution in [-0.2, 0) is 16.6 Å². The summed E-state index contributed by atoms with van der Waals surface area (Å²) in [4.78, 5) is 14.3. The smallest absolute Gasteiger partial charge is 0.232 e. The van der Waals surface area contributed by atoms with Gasteiger partial charge >= 0.3 is 0 Å². The molecule has 0 saturated heterocycles. The standard InChI is InChI=1S/C35H51N5OS/c1-20-21-18-32(6)24(31(4,5)28(21)40-37-20)11-12-34(8)25(32)10-9-22-23-19-30(2,3)13-15-35(23,16-14-33(22,34)7)29(41)36-26-17-27(42)39-38-26/h9,17,23-25H,10-16,18-19H2,1-8H3,(H,37,40)(H3,36,38,39,41,42)/t23?,24?,25?,32-,33+,34+,35-/m0/s1. The minimum absolute atomic E-state index is 0.0616. The second kappa shape index (κ2) is 8.79. The van der Waals surface area contributed by atoms with E-state index in [1.165, 1.54) is 29.8 Å². The van der Waals surface area contributed by atoms with E-state index in [1.54, 1.807) is 5.57 Å². The van der Waals surface area contributed by atoms with E-state index in [0.717, 1.165) is 44.9 Å². The summed E-state index contributed by atoms with van der Waals surface area (Å²) in [5, 5.41) is 19.2. The van der Waals surface area contributed by atoms with E-state index in [4.69, 9.17) is 5.10 Å². The number of aromatic amines is 2. The summed E-state index contributed by atoms with van der Waals surface area (Å²) in [5.41, 5.74) is 6.06. The molecule has 2 aromatic heterocycles. The summed E-state index contributed by atoms with van der Waals surface area (Å²) in [7, 11) is 0. The summed E-state index contributed by atoms with van der Waals surface area (Å²) in [5.74, 6) is 2.32. The van der Waals surface area contributed by atoms with Crippen LogP contribution in [0.1, 0.15) is 117 Å². The Labute approximate surface area is 257 Å². The van der Waals surface area contributed by atoms with Crippen LogP contribution >= 0.6 is 12.6 Å². The molecule has 0 aliphatic heterocycles. The molecule has 228 valence electrons. The van der Waals surface area contributed by atoms with Gasteiger partial charge in [-0.15, -0.1) is 12.6 Å². The number of carbonyl (C=O) groups is 1. The Hall–Kier alpha value is -2.02. The second-order valence-corrected chi connectivity index (χ2v) is 17.5. The number of H-pyrrole nitrogens is 2. The zero-order valence-electron chi connectivity index (χ0n) is 27.0. The van der Waals surface area contributed by atoms with Crippen LogP contribution < -0.4 is 5.32 Å². The fourth-order valence-corrected chi connectivity index (χ4v) is 12.0. The van der Waals surface area contributed by atoms with Crippen LogP contribution in [-0.4, -0.2) is 26.3 Å². The van der Waals surface area contributed by atoms with Gasteiger partial charge in [-0.25, -0.2) is 0 Å². The van der Waals surface area contributed by atoms with Crippen molar-refractivity contribution >= 4 is 24.4 Å². The van der Waals surface area contributed by atoms with Crippen molar-refractivity contribution in [2.75, 3.05) is 5.32 Å². The first kappa shape index (κ1) is 28.7. The first-order chi connectivity index (χ1) is 19.6. The molecule has 2 heterocycles. The molecule has 7 heteroatoms. The number of nitrogens with zero attached hydrogens (tertiary/aromatic N) is 2. The average molecular weight is 590 g/mol. The van der Waals surface area contributed by atoms with E-state index in [1.807, 2.05) is 6.07 Å². The topological polar surface area (TPSA) is 86.5 Å². The number of fused-ring (bicyclic) bond motifs is 8. The Kier molecular flexibility index (Phi) is 6.01. The molecule has 1 amide bonds. The van der Waals surface area contributed by atoms with Crippen LogP contribution in [0, 0.1) is 51.8 Å². The first-order valence-electron chi connectivity index (χ1n) is 16.4. The lowest BCUT2D eigenvalue weighted by molar-refractivity contribution is -0.165. The molecule has 5 aliphatic rings. The Morgan fingerprint density at radius 1 is 0.976 bits per heavy atom. The SMILES string of the molecule is Cc1[nH]nc2c1C[C@@]1(C)C(CC[C@]3(C)C1CC=C1C4CC(C)(C)CC[C@]4(C(=O)Nc4cc(S)n[nH]4)CC[C@]13C)C2(C)C. The summed E-state index contributed by atoms with van der Waals surface area (Å²) in [6.45, 7) is 19.8. The van der Waals surface area contributed by atoms with E-state index in [-0.39, 0.29) is 44.3 Å². The van der Waals surface area contributed by atoms with Crippen molar-refractivity contribution < 1.29 is 4.79 Å². The lowest BCUT2D eigenvalue weighted by atomic mass is 9.33. The van der Waals surface area contributed by atoms with Crippen molar-refractivity contribution in [3.8, 4) is 0 Å². The van der Waals surface area contributed by atoms with Crippen LogP contribution in [0.3, 0.4) is 0 Å². The average Bonchev–Trinajstić information content (AvgIpc) is 3.48. The number of aromatic nitrogens is 4. The maximum Gasteiger partial charge on any atom is 0.232 e. The summed E-state index contributed by atoms with van der Waals surface area (Å²) in [6.07, 6.45) is 12.6. The third-order valence-corrected chi connectivity index (χ3v) is 14.5. The van der Waals surface area contributed by atoms with Gasteiger partial charge < -0.3 is 5.32 Å². The highest BCUT2D eigenvalue weighted by atomic mass is 32.1. The van der Waals surface area contributed by atoms with Gasteiger partial charge in [-0.05, 0) is 110 Å². The summed E-state index contributed by atoms with van der Waals surface area (Å²) < 4.78 is 0. The quantitative estimate of drug-likeness (QED) is 0.210. The van der Waals surface area contributed by atoms with E-state index < -0.39 is 0 Å². The van der Waals surface area contributed by atoms with Crippen LogP contribution in [0.4, 0.5) is 5.82 Å². The molecule has 5 aliphatic carbocycles. The highest BCUT2D eigenvalue weighted by molar-refractivity contribution is 7.80. The molecule has 42 heavy (non-hydrogen) atoms. The molecule has 0 bridgehead atoms. The Bertz CT molecular complexity index is 1480. The van der Waals surface area contributed by atoms with E-state index in [0.29, 0.717) is 22.7 Å². The van der Waals surface area contributed by atoms with Crippen molar-refractivity contribution in [3.63, 3.8) is 0 Å². The largest absolute Gasteiger partial charge is 0.311 e. The molecular weight excluding hydrogens is 538 g/mol. The van der Waals surface area contributed by atoms with E-state index >= 15 is 0 Å². The van der Waals surface area contributed by atoms with Crippen molar-refractivity contribution in [1.29, 1.82) is 0 Å². The molecule has 7 rings (SSSR count). The van der Waals surface area contributed by atoms with Gasteiger partial charge in [0.2, 0.25) is 5.91 Å². The van der Waals surface area contributed by atoms with Gasteiger partial charge in [0, 0.05) is 17.2 Å². The van der Waals surface area contributed by atoms with Gasteiger partial charge in [0.05, 0.1) is 11.1 Å². The molecule has 0 aromatic carbocycles. The third-order valence-electron chi connectivity index (χ3n) is 14.3. The minimum Gasteiger partial charge on any atom is -0.311 e. The number of anilines is 1. The first-order valence-corrected chi connectivity index (χ1v) is 16.8. The van der Waals surface area contributed by atoms with Crippen LogP contribution in [0.5, 0.6) is 0 Å². The molecule has 6 nitrogen and oxygen atoms in total. The number of amides is 1. The van der Waals surface area contributed by atoms with Gasteiger partial charge in [-0.1, -0.05) is 60.1 Å². The zero-order valence-corrected chi connectivity index (χ0v) is 27.9. The molecule has 2 aromatic rings. The maximum atomic E-state index is 14.3. The van der Waals surface area contributed by atoms with Gasteiger partial charge in [0.1, 0.15) is 10.8 Å². The van der Waals surface area contributed by atoms with Crippen molar-refractivity contribution in [3.05, 3.63) is 34.7 Å².